The number of rotatable bonds is 3. The number of nitriles is 1. The predicted octanol–water partition coefficient (Wildman–Crippen LogP) is 5.15. The van der Waals surface area contributed by atoms with Gasteiger partial charge in [-0.1, -0.05) is 25.5 Å². The molecule has 5 heteroatoms. The van der Waals surface area contributed by atoms with Gasteiger partial charge in [-0.15, -0.1) is 11.3 Å². The zero-order chi connectivity index (χ0) is 16.4. The highest BCUT2D eigenvalue weighted by atomic mass is 79.9. The van der Waals surface area contributed by atoms with Crippen LogP contribution in [0.3, 0.4) is 0 Å². The molecule has 0 saturated carbocycles. The first-order valence-corrected chi connectivity index (χ1v) is 9.35. The summed E-state index contributed by atoms with van der Waals surface area (Å²) in [6.45, 7) is 2.21. The number of carbonyl (C=O) groups is 1. The lowest BCUT2D eigenvalue weighted by Crippen LogP contribution is -2.13. The standard InChI is InChI=1S/C18H17BrN2OS/c1-2-11-7-8-12-14(10-20)18(23-16(12)9-11)21-17(22)13-5-3-4-6-15(13)19/h3-6,11H,2,7-9H2,1H3,(H,21,22)/t11-/m1/s1. The van der Waals surface area contributed by atoms with E-state index in [0.29, 0.717) is 22.0 Å². The molecule has 0 fully saturated rings. The van der Waals surface area contributed by atoms with Crippen LogP contribution >= 0.6 is 27.3 Å². The highest BCUT2D eigenvalue weighted by molar-refractivity contribution is 9.10. The van der Waals surface area contributed by atoms with Crippen LogP contribution in [-0.2, 0) is 12.8 Å². The normalized spacial score (nSPS) is 16.5. The van der Waals surface area contributed by atoms with E-state index in [1.54, 1.807) is 17.4 Å². The number of fused-ring (bicyclic) bond motifs is 1. The van der Waals surface area contributed by atoms with Crippen molar-refractivity contribution in [1.29, 1.82) is 5.26 Å². The van der Waals surface area contributed by atoms with E-state index in [4.69, 9.17) is 0 Å². The summed E-state index contributed by atoms with van der Waals surface area (Å²) in [6.07, 6.45) is 4.26. The molecule has 118 valence electrons. The van der Waals surface area contributed by atoms with Crippen molar-refractivity contribution in [2.45, 2.75) is 32.6 Å². The third-order valence-corrected chi connectivity index (χ3v) is 6.26. The molecule has 23 heavy (non-hydrogen) atoms. The van der Waals surface area contributed by atoms with E-state index in [-0.39, 0.29) is 5.91 Å². The molecular formula is C18H17BrN2OS. The maximum atomic E-state index is 12.5. The Morgan fingerprint density at radius 2 is 2.26 bits per heavy atom. The molecule has 1 aliphatic rings. The summed E-state index contributed by atoms with van der Waals surface area (Å²) in [6, 6.07) is 9.60. The fourth-order valence-electron chi connectivity index (χ4n) is 3.02. The summed E-state index contributed by atoms with van der Waals surface area (Å²) in [4.78, 5) is 13.8. The maximum Gasteiger partial charge on any atom is 0.257 e. The van der Waals surface area contributed by atoms with Gasteiger partial charge in [0.2, 0.25) is 0 Å². The van der Waals surface area contributed by atoms with Crippen molar-refractivity contribution < 1.29 is 4.79 Å². The molecule has 1 aliphatic carbocycles. The average molecular weight is 389 g/mol. The Hall–Kier alpha value is -1.64. The van der Waals surface area contributed by atoms with Gasteiger partial charge in [0.05, 0.1) is 11.1 Å². The van der Waals surface area contributed by atoms with Gasteiger partial charge in [-0.2, -0.15) is 5.26 Å². The number of hydrogen-bond acceptors (Lipinski definition) is 3. The number of nitrogens with one attached hydrogen (secondary N) is 1. The monoisotopic (exact) mass is 388 g/mol. The van der Waals surface area contributed by atoms with Crippen LogP contribution < -0.4 is 5.32 Å². The quantitative estimate of drug-likeness (QED) is 0.789. The molecule has 0 radical (unpaired) electrons. The van der Waals surface area contributed by atoms with Gasteiger partial charge in [-0.3, -0.25) is 4.79 Å². The Balaban J connectivity index is 1.90. The van der Waals surface area contributed by atoms with Crippen LogP contribution in [0.15, 0.2) is 28.7 Å². The summed E-state index contributed by atoms with van der Waals surface area (Å²) in [5.41, 5.74) is 2.37. The molecule has 0 aliphatic heterocycles. The first-order valence-electron chi connectivity index (χ1n) is 7.74. The van der Waals surface area contributed by atoms with Gasteiger partial charge in [0.15, 0.2) is 0 Å². The van der Waals surface area contributed by atoms with Gasteiger partial charge in [-0.05, 0) is 58.8 Å². The lowest BCUT2D eigenvalue weighted by molar-refractivity contribution is 0.102. The second-order valence-corrected chi connectivity index (χ2v) is 7.73. The molecule has 1 atom stereocenters. The lowest BCUT2D eigenvalue weighted by atomic mass is 9.86. The first-order chi connectivity index (χ1) is 11.1. The van der Waals surface area contributed by atoms with Crippen molar-refractivity contribution in [2.75, 3.05) is 5.32 Å². The minimum atomic E-state index is -0.181. The molecule has 1 heterocycles. The molecule has 0 saturated heterocycles. The van der Waals surface area contributed by atoms with Crippen molar-refractivity contribution in [3.63, 3.8) is 0 Å². The van der Waals surface area contributed by atoms with Crippen LogP contribution in [0.5, 0.6) is 0 Å². The third kappa shape index (κ3) is 3.19. The van der Waals surface area contributed by atoms with Crippen LogP contribution in [0.1, 0.15) is 46.1 Å². The molecule has 1 aromatic carbocycles. The summed E-state index contributed by atoms with van der Waals surface area (Å²) < 4.78 is 0.753. The molecule has 0 bridgehead atoms. The predicted molar refractivity (Wildman–Crippen MR) is 96.9 cm³/mol. The average Bonchev–Trinajstić information content (AvgIpc) is 2.90. The van der Waals surface area contributed by atoms with E-state index in [2.05, 4.69) is 34.2 Å². The fourth-order valence-corrected chi connectivity index (χ4v) is 4.80. The maximum absolute atomic E-state index is 12.5. The number of benzene rings is 1. The van der Waals surface area contributed by atoms with Crippen molar-refractivity contribution in [3.8, 4) is 6.07 Å². The molecule has 0 spiro atoms. The number of thiophene rings is 1. The molecule has 1 N–H and O–H groups in total. The minimum Gasteiger partial charge on any atom is -0.312 e. The van der Waals surface area contributed by atoms with Gasteiger partial charge >= 0.3 is 0 Å². The van der Waals surface area contributed by atoms with E-state index >= 15 is 0 Å². The minimum absolute atomic E-state index is 0.181. The summed E-state index contributed by atoms with van der Waals surface area (Å²) >= 11 is 4.96. The van der Waals surface area contributed by atoms with E-state index in [9.17, 15) is 10.1 Å². The molecule has 0 unspecified atom stereocenters. The Morgan fingerprint density at radius 3 is 2.96 bits per heavy atom. The van der Waals surface area contributed by atoms with Crippen LogP contribution in [0.2, 0.25) is 0 Å². The van der Waals surface area contributed by atoms with Gasteiger partial charge < -0.3 is 5.32 Å². The van der Waals surface area contributed by atoms with Gasteiger partial charge in [-0.25, -0.2) is 0 Å². The molecule has 1 aromatic heterocycles. The number of carbonyl (C=O) groups excluding carboxylic acids is 1. The number of nitrogens with zero attached hydrogens (tertiary/aromatic N) is 1. The molecule has 3 rings (SSSR count). The van der Waals surface area contributed by atoms with E-state index in [1.165, 1.54) is 4.88 Å². The molecule has 3 nitrogen and oxygen atoms in total. The van der Waals surface area contributed by atoms with Crippen molar-refractivity contribution in [2.24, 2.45) is 5.92 Å². The summed E-state index contributed by atoms with van der Waals surface area (Å²) in [7, 11) is 0. The Bertz CT molecular complexity index is 791. The molecular weight excluding hydrogens is 372 g/mol. The largest absolute Gasteiger partial charge is 0.312 e. The van der Waals surface area contributed by atoms with Crippen LogP contribution in [0, 0.1) is 17.2 Å². The van der Waals surface area contributed by atoms with E-state index in [1.807, 2.05) is 18.2 Å². The molecule has 2 aromatic rings. The molecule has 1 amide bonds. The van der Waals surface area contributed by atoms with Crippen molar-refractivity contribution >= 4 is 38.2 Å². The van der Waals surface area contributed by atoms with E-state index < -0.39 is 0 Å². The second-order valence-electron chi connectivity index (χ2n) is 5.77. The summed E-state index contributed by atoms with van der Waals surface area (Å²) in [5, 5.41) is 13.1. The third-order valence-electron chi connectivity index (χ3n) is 4.40. The first kappa shape index (κ1) is 16.2. The van der Waals surface area contributed by atoms with Gasteiger partial charge in [0.25, 0.3) is 5.91 Å². The van der Waals surface area contributed by atoms with E-state index in [0.717, 1.165) is 35.7 Å². The smallest absolute Gasteiger partial charge is 0.257 e. The Kier molecular flexibility index (Phi) is 4.84. The Morgan fingerprint density at radius 1 is 1.48 bits per heavy atom. The van der Waals surface area contributed by atoms with Crippen LogP contribution in [0.25, 0.3) is 0 Å². The lowest BCUT2D eigenvalue weighted by Gasteiger charge is -2.20. The van der Waals surface area contributed by atoms with Crippen LogP contribution in [0.4, 0.5) is 5.00 Å². The highest BCUT2D eigenvalue weighted by Gasteiger charge is 2.26. The van der Waals surface area contributed by atoms with Gasteiger partial charge in [0, 0.05) is 9.35 Å². The number of anilines is 1. The summed E-state index contributed by atoms with van der Waals surface area (Å²) in [5.74, 6) is 0.513. The van der Waals surface area contributed by atoms with Crippen molar-refractivity contribution in [3.05, 3.63) is 50.3 Å². The fraction of sp³-hybridized carbons (Fsp3) is 0.333. The topological polar surface area (TPSA) is 52.9 Å². The number of amides is 1. The zero-order valence-corrected chi connectivity index (χ0v) is 15.3. The second kappa shape index (κ2) is 6.86. The number of halogens is 1. The Labute approximate surface area is 148 Å². The highest BCUT2D eigenvalue weighted by Crippen LogP contribution is 2.40. The van der Waals surface area contributed by atoms with Crippen LogP contribution in [-0.4, -0.2) is 5.91 Å². The van der Waals surface area contributed by atoms with Gasteiger partial charge in [0.1, 0.15) is 11.1 Å². The van der Waals surface area contributed by atoms with Crippen molar-refractivity contribution in [1.82, 2.24) is 0 Å². The number of hydrogen-bond donors (Lipinski definition) is 1. The SMILES string of the molecule is CC[C@@H]1CCc2c(sc(NC(=O)c3ccccc3Br)c2C#N)C1. The zero-order valence-electron chi connectivity index (χ0n) is 12.9.